The molecular formula is C14H21N. The molecule has 0 aromatic heterocycles. The average Bonchev–Trinajstić information content (AvgIpc) is 2.37. The van der Waals surface area contributed by atoms with Crippen molar-refractivity contribution >= 4 is 6.21 Å². The van der Waals surface area contributed by atoms with Crippen molar-refractivity contribution in [2.45, 2.75) is 40.0 Å². The van der Waals surface area contributed by atoms with Gasteiger partial charge in [-0.3, -0.25) is 0 Å². The Hall–Kier alpha value is -1.11. The maximum atomic E-state index is 7.41. The lowest BCUT2D eigenvalue weighted by Gasteiger charge is -2.09. The predicted molar refractivity (Wildman–Crippen MR) is 67.4 cm³/mol. The van der Waals surface area contributed by atoms with Crippen LogP contribution in [0.4, 0.5) is 0 Å². The Morgan fingerprint density at radius 3 is 2.73 bits per heavy atom. The van der Waals surface area contributed by atoms with Gasteiger partial charge in [-0.05, 0) is 43.3 Å². The summed E-state index contributed by atoms with van der Waals surface area (Å²) in [5.74, 6) is 0.732. The first-order valence-electron chi connectivity index (χ1n) is 5.71. The Morgan fingerprint density at radius 1 is 1.40 bits per heavy atom. The molecule has 1 rings (SSSR count). The van der Waals surface area contributed by atoms with E-state index >= 15 is 0 Å². The van der Waals surface area contributed by atoms with Crippen LogP contribution in [0.1, 0.15) is 40.0 Å². The quantitative estimate of drug-likeness (QED) is 0.660. The van der Waals surface area contributed by atoms with Crippen LogP contribution in [0.15, 0.2) is 34.9 Å². The number of rotatable bonds is 4. The van der Waals surface area contributed by atoms with Crippen LogP contribution < -0.4 is 0 Å². The van der Waals surface area contributed by atoms with Gasteiger partial charge >= 0.3 is 0 Å². The van der Waals surface area contributed by atoms with E-state index in [1.807, 2.05) is 0 Å². The molecule has 1 N–H and O–H groups in total. The van der Waals surface area contributed by atoms with Gasteiger partial charge in [0.15, 0.2) is 0 Å². The minimum absolute atomic E-state index is 0.732. The van der Waals surface area contributed by atoms with Gasteiger partial charge in [0.05, 0.1) is 0 Å². The van der Waals surface area contributed by atoms with Crippen LogP contribution in [0, 0.1) is 11.3 Å². The lowest BCUT2D eigenvalue weighted by atomic mass is 9.97. The van der Waals surface area contributed by atoms with Gasteiger partial charge in [0, 0.05) is 6.21 Å². The highest BCUT2D eigenvalue weighted by molar-refractivity contribution is 5.83. The molecule has 0 amide bonds. The zero-order valence-electron chi connectivity index (χ0n) is 10.0. The standard InChI is InChI=1S/C14H21N/c1-11(2)4-7-13-8-5-12(3)6-9-14(13)10-15/h6,8-11,15H,4-5,7H2,1-3H3. The lowest BCUT2D eigenvalue weighted by molar-refractivity contribution is 0.587. The molecular weight excluding hydrogens is 182 g/mol. The van der Waals surface area contributed by atoms with E-state index in [9.17, 15) is 0 Å². The number of nitrogens with one attached hydrogen (secondary N) is 1. The van der Waals surface area contributed by atoms with Gasteiger partial charge in [-0.25, -0.2) is 0 Å². The lowest BCUT2D eigenvalue weighted by Crippen LogP contribution is -1.94. The fourth-order valence-corrected chi connectivity index (χ4v) is 1.64. The Bertz CT molecular complexity index is 316. The van der Waals surface area contributed by atoms with Crippen molar-refractivity contribution in [3.63, 3.8) is 0 Å². The van der Waals surface area contributed by atoms with Crippen molar-refractivity contribution in [1.82, 2.24) is 0 Å². The van der Waals surface area contributed by atoms with Crippen molar-refractivity contribution < 1.29 is 0 Å². The second-order valence-corrected chi connectivity index (χ2v) is 4.65. The Morgan fingerprint density at radius 2 is 2.13 bits per heavy atom. The van der Waals surface area contributed by atoms with Crippen molar-refractivity contribution in [3.8, 4) is 0 Å². The average molecular weight is 203 g/mol. The van der Waals surface area contributed by atoms with Crippen LogP contribution in [-0.2, 0) is 0 Å². The smallest absolute Gasteiger partial charge is 0.0252 e. The maximum Gasteiger partial charge on any atom is 0.0252 e. The first kappa shape index (κ1) is 12.0. The van der Waals surface area contributed by atoms with Crippen molar-refractivity contribution in [2.75, 3.05) is 0 Å². The fourth-order valence-electron chi connectivity index (χ4n) is 1.64. The molecule has 1 aliphatic carbocycles. The molecule has 0 saturated heterocycles. The molecule has 1 heteroatoms. The van der Waals surface area contributed by atoms with Crippen LogP contribution in [0.3, 0.4) is 0 Å². The minimum atomic E-state index is 0.732. The molecule has 0 unspecified atom stereocenters. The van der Waals surface area contributed by atoms with Crippen LogP contribution in [0.25, 0.3) is 0 Å². The van der Waals surface area contributed by atoms with Crippen LogP contribution >= 0.6 is 0 Å². The first-order valence-corrected chi connectivity index (χ1v) is 5.71. The molecule has 0 aliphatic heterocycles. The number of allylic oxidation sites excluding steroid dienone is 6. The molecule has 82 valence electrons. The largest absolute Gasteiger partial charge is 0.308 e. The van der Waals surface area contributed by atoms with Crippen molar-refractivity contribution in [2.24, 2.45) is 5.92 Å². The summed E-state index contributed by atoms with van der Waals surface area (Å²) in [6.45, 7) is 6.63. The zero-order chi connectivity index (χ0) is 11.3. The van der Waals surface area contributed by atoms with Crippen LogP contribution in [-0.4, -0.2) is 6.21 Å². The first-order chi connectivity index (χ1) is 7.13. The Labute approximate surface area is 93.1 Å². The van der Waals surface area contributed by atoms with Crippen LogP contribution in [0.2, 0.25) is 0 Å². The molecule has 1 nitrogen and oxygen atoms in total. The normalized spacial score (nSPS) is 16.7. The SMILES string of the molecule is CC1=CC=C(C=N)C(CCC(C)C)=CC1. The molecule has 0 spiro atoms. The second-order valence-electron chi connectivity index (χ2n) is 4.65. The number of hydrogen-bond donors (Lipinski definition) is 1. The van der Waals surface area contributed by atoms with Crippen molar-refractivity contribution in [3.05, 3.63) is 34.9 Å². The third-order valence-electron chi connectivity index (χ3n) is 2.74. The molecule has 15 heavy (non-hydrogen) atoms. The highest BCUT2D eigenvalue weighted by Crippen LogP contribution is 2.22. The molecule has 0 heterocycles. The second kappa shape index (κ2) is 5.69. The molecule has 0 bridgehead atoms. The molecule has 0 radical (unpaired) electrons. The van der Waals surface area contributed by atoms with E-state index in [-0.39, 0.29) is 0 Å². The van der Waals surface area contributed by atoms with E-state index in [0.717, 1.165) is 24.3 Å². The van der Waals surface area contributed by atoms with Gasteiger partial charge in [-0.1, -0.05) is 37.6 Å². The fraction of sp³-hybridized carbons (Fsp3) is 0.500. The molecule has 0 atom stereocenters. The van der Waals surface area contributed by atoms with E-state index in [4.69, 9.17) is 5.41 Å². The topological polar surface area (TPSA) is 23.9 Å². The third kappa shape index (κ3) is 3.86. The summed E-state index contributed by atoms with van der Waals surface area (Å²) in [7, 11) is 0. The van der Waals surface area contributed by atoms with E-state index in [2.05, 4.69) is 39.0 Å². The summed E-state index contributed by atoms with van der Waals surface area (Å²) in [6.07, 6.45) is 11.3. The maximum absolute atomic E-state index is 7.41. The summed E-state index contributed by atoms with van der Waals surface area (Å²) in [6, 6.07) is 0. The monoisotopic (exact) mass is 203 g/mol. The molecule has 1 aliphatic rings. The van der Waals surface area contributed by atoms with E-state index in [0.29, 0.717) is 0 Å². The summed E-state index contributed by atoms with van der Waals surface area (Å²) in [5, 5.41) is 7.41. The highest BCUT2D eigenvalue weighted by Gasteiger charge is 2.06. The molecule has 0 fully saturated rings. The van der Waals surface area contributed by atoms with Gasteiger partial charge in [-0.2, -0.15) is 0 Å². The molecule has 0 saturated carbocycles. The number of hydrogen-bond acceptors (Lipinski definition) is 1. The summed E-state index contributed by atoms with van der Waals surface area (Å²) >= 11 is 0. The summed E-state index contributed by atoms with van der Waals surface area (Å²) < 4.78 is 0. The minimum Gasteiger partial charge on any atom is -0.308 e. The molecule has 0 aromatic carbocycles. The summed E-state index contributed by atoms with van der Waals surface area (Å²) in [5.41, 5.74) is 3.79. The predicted octanol–water partition coefficient (Wildman–Crippen LogP) is 4.27. The third-order valence-corrected chi connectivity index (χ3v) is 2.74. The van der Waals surface area contributed by atoms with Gasteiger partial charge in [0.1, 0.15) is 0 Å². The highest BCUT2D eigenvalue weighted by atomic mass is 14.3. The van der Waals surface area contributed by atoms with Crippen LogP contribution in [0.5, 0.6) is 0 Å². The molecule has 0 aromatic rings. The van der Waals surface area contributed by atoms with Crippen molar-refractivity contribution in [1.29, 1.82) is 5.41 Å². The van der Waals surface area contributed by atoms with Gasteiger partial charge < -0.3 is 5.41 Å². The van der Waals surface area contributed by atoms with E-state index in [1.54, 1.807) is 0 Å². The van der Waals surface area contributed by atoms with E-state index in [1.165, 1.54) is 23.8 Å². The van der Waals surface area contributed by atoms with E-state index < -0.39 is 0 Å². The van der Waals surface area contributed by atoms with Gasteiger partial charge in [0.25, 0.3) is 0 Å². The summed E-state index contributed by atoms with van der Waals surface area (Å²) in [4.78, 5) is 0. The van der Waals surface area contributed by atoms with Gasteiger partial charge in [-0.15, -0.1) is 0 Å². The Balaban J connectivity index is 2.74. The Kier molecular flexibility index (Phi) is 4.54. The van der Waals surface area contributed by atoms with Gasteiger partial charge in [0.2, 0.25) is 0 Å². The zero-order valence-corrected chi connectivity index (χ0v) is 10.0.